The quantitative estimate of drug-likeness (QED) is 0.845. The number of benzene rings is 2. The number of anilines is 1. The normalized spacial score (nSPS) is 17.7. The Morgan fingerprint density at radius 3 is 2.69 bits per heavy atom. The molecule has 2 aromatic carbocycles. The van der Waals surface area contributed by atoms with Gasteiger partial charge in [0.15, 0.2) is 0 Å². The molecule has 1 heterocycles. The molecule has 26 heavy (non-hydrogen) atoms. The minimum atomic E-state index is 0.0411. The van der Waals surface area contributed by atoms with Crippen molar-refractivity contribution in [1.29, 1.82) is 0 Å². The lowest BCUT2D eigenvalue weighted by atomic mass is 9.96. The van der Waals surface area contributed by atoms with Crippen LogP contribution in [-0.2, 0) is 11.3 Å². The number of amides is 1. The minimum absolute atomic E-state index is 0.0411. The van der Waals surface area contributed by atoms with Crippen molar-refractivity contribution in [2.45, 2.75) is 33.2 Å². The highest BCUT2D eigenvalue weighted by Gasteiger charge is 2.26. The fourth-order valence-corrected chi connectivity index (χ4v) is 3.49. The summed E-state index contributed by atoms with van der Waals surface area (Å²) in [6.45, 7) is 7.54. The van der Waals surface area contributed by atoms with Gasteiger partial charge in [-0.1, -0.05) is 24.3 Å². The molecule has 4 heteroatoms. The van der Waals surface area contributed by atoms with Gasteiger partial charge in [0.2, 0.25) is 5.91 Å². The highest BCUT2D eigenvalue weighted by atomic mass is 16.5. The SMILES string of the molecule is CCOc1ccc(NC(=O)C2CCCN(Cc3ccccc3C)C2)cc1. The molecule has 1 saturated heterocycles. The molecule has 1 aliphatic rings. The lowest BCUT2D eigenvalue weighted by Gasteiger charge is -2.32. The van der Waals surface area contributed by atoms with E-state index in [4.69, 9.17) is 4.74 Å². The van der Waals surface area contributed by atoms with Gasteiger partial charge >= 0.3 is 0 Å². The van der Waals surface area contributed by atoms with Crippen LogP contribution in [0, 0.1) is 12.8 Å². The van der Waals surface area contributed by atoms with E-state index in [9.17, 15) is 4.79 Å². The Bertz CT molecular complexity index is 727. The number of hydrogen-bond donors (Lipinski definition) is 1. The van der Waals surface area contributed by atoms with Crippen LogP contribution in [0.15, 0.2) is 48.5 Å². The largest absolute Gasteiger partial charge is 0.494 e. The van der Waals surface area contributed by atoms with Gasteiger partial charge < -0.3 is 10.1 Å². The number of piperidine rings is 1. The third-order valence-corrected chi connectivity index (χ3v) is 4.96. The lowest BCUT2D eigenvalue weighted by molar-refractivity contribution is -0.121. The number of rotatable bonds is 6. The van der Waals surface area contributed by atoms with E-state index in [1.807, 2.05) is 31.2 Å². The van der Waals surface area contributed by atoms with Crippen LogP contribution < -0.4 is 10.1 Å². The third kappa shape index (κ3) is 4.85. The van der Waals surface area contributed by atoms with E-state index >= 15 is 0 Å². The average molecular weight is 352 g/mol. The van der Waals surface area contributed by atoms with Crippen molar-refractivity contribution < 1.29 is 9.53 Å². The summed E-state index contributed by atoms with van der Waals surface area (Å²) < 4.78 is 5.44. The maximum atomic E-state index is 12.7. The van der Waals surface area contributed by atoms with E-state index in [0.717, 1.165) is 43.9 Å². The Balaban J connectivity index is 1.56. The molecule has 1 unspecified atom stereocenters. The second-order valence-corrected chi connectivity index (χ2v) is 6.95. The smallest absolute Gasteiger partial charge is 0.228 e. The van der Waals surface area contributed by atoms with Crippen molar-refractivity contribution >= 4 is 11.6 Å². The van der Waals surface area contributed by atoms with Crippen molar-refractivity contribution in [1.82, 2.24) is 4.90 Å². The van der Waals surface area contributed by atoms with Crippen molar-refractivity contribution in [3.05, 3.63) is 59.7 Å². The zero-order chi connectivity index (χ0) is 18.4. The number of aryl methyl sites for hydroxylation is 1. The van der Waals surface area contributed by atoms with Gasteiger partial charge in [-0.25, -0.2) is 0 Å². The van der Waals surface area contributed by atoms with Gasteiger partial charge in [0, 0.05) is 18.8 Å². The van der Waals surface area contributed by atoms with E-state index in [1.165, 1.54) is 11.1 Å². The molecule has 1 atom stereocenters. The number of ether oxygens (including phenoxy) is 1. The van der Waals surface area contributed by atoms with E-state index in [-0.39, 0.29) is 11.8 Å². The van der Waals surface area contributed by atoms with E-state index in [2.05, 4.69) is 41.4 Å². The van der Waals surface area contributed by atoms with Gasteiger partial charge in [-0.05, 0) is 68.6 Å². The molecule has 0 saturated carbocycles. The van der Waals surface area contributed by atoms with Gasteiger partial charge in [-0.15, -0.1) is 0 Å². The second kappa shape index (κ2) is 8.86. The zero-order valence-electron chi connectivity index (χ0n) is 15.7. The van der Waals surface area contributed by atoms with E-state index in [0.29, 0.717) is 6.61 Å². The number of carbonyl (C=O) groups is 1. The molecule has 0 aliphatic carbocycles. The van der Waals surface area contributed by atoms with Gasteiger partial charge in [-0.2, -0.15) is 0 Å². The molecule has 0 aromatic heterocycles. The molecule has 4 nitrogen and oxygen atoms in total. The molecule has 1 fully saturated rings. The number of hydrogen-bond acceptors (Lipinski definition) is 3. The van der Waals surface area contributed by atoms with Crippen molar-refractivity contribution in [2.75, 3.05) is 25.0 Å². The van der Waals surface area contributed by atoms with Crippen LogP contribution >= 0.6 is 0 Å². The first-order valence-electron chi connectivity index (χ1n) is 9.46. The summed E-state index contributed by atoms with van der Waals surface area (Å²) in [5, 5.41) is 3.06. The molecule has 138 valence electrons. The zero-order valence-corrected chi connectivity index (χ0v) is 15.7. The molecule has 0 spiro atoms. The molecule has 1 amide bonds. The first-order valence-corrected chi connectivity index (χ1v) is 9.46. The summed E-state index contributed by atoms with van der Waals surface area (Å²) in [6.07, 6.45) is 2.01. The van der Waals surface area contributed by atoms with Crippen LogP contribution in [0.5, 0.6) is 5.75 Å². The highest BCUT2D eigenvalue weighted by molar-refractivity contribution is 5.92. The van der Waals surface area contributed by atoms with Crippen LogP contribution in [0.4, 0.5) is 5.69 Å². The molecule has 1 aliphatic heterocycles. The second-order valence-electron chi connectivity index (χ2n) is 6.95. The van der Waals surface area contributed by atoms with Crippen LogP contribution in [0.3, 0.4) is 0 Å². The highest BCUT2D eigenvalue weighted by Crippen LogP contribution is 2.22. The number of nitrogens with zero attached hydrogens (tertiary/aromatic N) is 1. The summed E-state index contributed by atoms with van der Waals surface area (Å²) in [5.41, 5.74) is 3.49. The molecule has 2 aromatic rings. The maximum absolute atomic E-state index is 12.7. The van der Waals surface area contributed by atoms with Crippen molar-refractivity contribution in [3.8, 4) is 5.75 Å². The van der Waals surface area contributed by atoms with Gasteiger partial charge in [0.25, 0.3) is 0 Å². The van der Waals surface area contributed by atoms with Crippen LogP contribution in [0.2, 0.25) is 0 Å². The average Bonchev–Trinajstić information content (AvgIpc) is 2.66. The summed E-state index contributed by atoms with van der Waals surface area (Å²) in [4.78, 5) is 15.1. The lowest BCUT2D eigenvalue weighted by Crippen LogP contribution is -2.40. The molecule has 0 bridgehead atoms. The molecule has 3 rings (SSSR count). The van der Waals surface area contributed by atoms with Gasteiger partial charge in [0.1, 0.15) is 5.75 Å². The van der Waals surface area contributed by atoms with E-state index in [1.54, 1.807) is 0 Å². The molecular weight excluding hydrogens is 324 g/mol. The number of likely N-dealkylation sites (tertiary alicyclic amines) is 1. The van der Waals surface area contributed by atoms with Crippen LogP contribution in [0.1, 0.15) is 30.9 Å². The minimum Gasteiger partial charge on any atom is -0.494 e. The fourth-order valence-electron chi connectivity index (χ4n) is 3.49. The summed E-state index contributed by atoms with van der Waals surface area (Å²) in [6, 6.07) is 16.1. The van der Waals surface area contributed by atoms with Gasteiger partial charge in [-0.3, -0.25) is 9.69 Å². The van der Waals surface area contributed by atoms with Crippen molar-refractivity contribution in [3.63, 3.8) is 0 Å². The van der Waals surface area contributed by atoms with E-state index < -0.39 is 0 Å². The Kier molecular flexibility index (Phi) is 6.29. The maximum Gasteiger partial charge on any atom is 0.228 e. The standard InChI is InChI=1S/C22H28N2O2/c1-3-26-21-12-10-20(11-13-21)23-22(25)19-9-6-14-24(16-19)15-18-8-5-4-7-17(18)2/h4-5,7-8,10-13,19H,3,6,9,14-16H2,1-2H3,(H,23,25). The Labute approximate surface area is 156 Å². The Morgan fingerprint density at radius 1 is 1.19 bits per heavy atom. The first-order chi connectivity index (χ1) is 12.7. The fraction of sp³-hybridized carbons (Fsp3) is 0.409. The Morgan fingerprint density at radius 2 is 1.96 bits per heavy atom. The topological polar surface area (TPSA) is 41.6 Å². The number of carbonyl (C=O) groups excluding carboxylic acids is 1. The molecular formula is C22H28N2O2. The Hall–Kier alpha value is -2.33. The predicted octanol–water partition coefficient (Wildman–Crippen LogP) is 4.24. The number of nitrogens with one attached hydrogen (secondary N) is 1. The summed E-state index contributed by atoms with van der Waals surface area (Å²) >= 11 is 0. The third-order valence-electron chi connectivity index (χ3n) is 4.96. The van der Waals surface area contributed by atoms with Crippen LogP contribution in [0.25, 0.3) is 0 Å². The molecule has 1 N–H and O–H groups in total. The summed E-state index contributed by atoms with van der Waals surface area (Å²) in [7, 11) is 0. The molecule has 0 radical (unpaired) electrons. The monoisotopic (exact) mass is 352 g/mol. The van der Waals surface area contributed by atoms with Gasteiger partial charge in [0.05, 0.1) is 12.5 Å². The van der Waals surface area contributed by atoms with Crippen molar-refractivity contribution in [2.24, 2.45) is 5.92 Å². The van der Waals surface area contributed by atoms with Crippen LogP contribution in [-0.4, -0.2) is 30.5 Å². The summed E-state index contributed by atoms with van der Waals surface area (Å²) in [5.74, 6) is 0.982. The first kappa shape index (κ1) is 18.5. The predicted molar refractivity (Wildman–Crippen MR) is 105 cm³/mol.